The Balaban J connectivity index is 1.73. The minimum atomic E-state index is -4.54. The summed E-state index contributed by atoms with van der Waals surface area (Å²) in [6.45, 7) is 4.12. The number of nitrogens with one attached hydrogen (secondary N) is 1. The smallest absolute Gasteiger partial charge is 0.324 e. The Morgan fingerprint density at radius 1 is 1.16 bits per heavy atom. The number of thioether (sulfide) groups is 1. The first-order valence-electron chi connectivity index (χ1n) is 8.78. The van der Waals surface area contributed by atoms with Gasteiger partial charge in [0.15, 0.2) is 11.0 Å². The lowest BCUT2D eigenvalue weighted by Gasteiger charge is -2.12. The van der Waals surface area contributed by atoms with Crippen molar-refractivity contribution in [3.8, 4) is 11.4 Å². The number of aromatic nitrogens is 3. The van der Waals surface area contributed by atoms with Crippen LogP contribution in [0.15, 0.2) is 60.3 Å². The molecule has 1 aromatic heterocycles. The van der Waals surface area contributed by atoms with E-state index in [1.165, 1.54) is 0 Å². The first-order valence-corrected chi connectivity index (χ1v) is 10.5. The van der Waals surface area contributed by atoms with Crippen molar-refractivity contribution in [3.05, 3.63) is 70.7 Å². The fourth-order valence-electron chi connectivity index (χ4n) is 2.62. The summed E-state index contributed by atoms with van der Waals surface area (Å²) in [5, 5.41) is 11.7. The Hall–Kier alpha value is -2.49. The first kappa shape index (κ1) is 23.2. The summed E-state index contributed by atoms with van der Waals surface area (Å²) in [6.07, 6.45) is -2.88. The normalized spacial score (nSPS) is 11.4. The number of halogens is 5. The van der Waals surface area contributed by atoms with E-state index in [4.69, 9.17) is 23.2 Å². The minimum absolute atomic E-state index is 0.00574. The van der Waals surface area contributed by atoms with Crippen molar-refractivity contribution >= 4 is 46.6 Å². The van der Waals surface area contributed by atoms with E-state index >= 15 is 0 Å². The van der Waals surface area contributed by atoms with Crippen molar-refractivity contribution < 1.29 is 18.0 Å². The van der Waals surface area contributed by atoms with Crippen LogP contribution in [0.1, 0.15) is 5.56 Å². The van der Waals surface area contributed by atoms with Crippen LogP contribution in [0.25, 0.3) is 11.4 Å². The summed E-state index contributed by atoms with van der Waals surface area (Å²) >= 11 is 12.9. The molecule has 0 atom stereocenters. The second kappa shape index (κ2) is 9.76. The van der Waals surface area contributed by atoms with Crippen molar-refractivity contribution in [1.29, 1.82) is 0 Å². The summed E-state index contributed by atoms with van der Waals surface area (Å²) in [7, 11) is 0. The van der Waals surface area contributed by atoms with Crippen LogP contribution in [0, 0.1) is 0 Å². The van der Waals surface area contributed by atoms with Crippen molar-refractivity contribution in [2.75, 3.05) is 11.1 Å². The number of carbonyl (C=O) groups excluding carboxylic acids is 1. The molecule has 0 unspecified atom stereocenters. The van der Waals surface area contributed by atoms with Gasteiger partial charge in [0.1, 0.15) is 0 Å². The van der Waals surface area contributed by atoms with Gasteiger partial charge >= 0.3 is 6.18 Å². The van der Waals surface area contributed by atoms with Crippen molar-refractivity contribution in [2.45, 2.75) is 17.9 Å². The van der Waals surface area contributed by atoms with Crippen LogP contribution in [0.3, 0.4) is 0 Å². The molecule has 0 saturated carbocycles. The van der Waals surface area contributed by atoms with E-state index in [-0.39, 0.29) is 16.5 Å². The molecule has 31 heavy (non-hydrogen) atoms. The number of hydrogen-bond donors (Lipinski definition) is 1. The Bertz CT molecular complexity index is 1100. The maximum Gasteiger partial charge on any atom is 0.416 e. The number of amides is 1. The number of carbonyl (C=O) groups is 1. The van der Waals surface area contributed by atoms with Crippen LogP contribution in [0.4, 0.5) is 18.9 Å². The molecule has 0 aliphatic carbocycles. The van der Waals surface area contributed by atoms with E-state index in [1.54, 1.807) is 34.9 Å². The second-order valence-corrected chi connectivity index (χ2v) is 8.03. The maximum atomic E-state index is 12.9. The van der Waals surface area contributed by atoms with Gasteiger partial charge in [0, 0.05) is 17.1 Å². The molecule has 3 rings (SSSR count). The molecule has 0 saturated heterocycles. The van der Waals surface area contributed by atoms with E-state index < -0.39 is 17.6 Å². The maximum absolute atomic E-state index is 12.9. The largest absolute Gasteiger partial charge is 0.416 e. The number of hydrogen-bond acceptors (Lipinski definition) is 4. The Kier molecular flexibility index (Phi) is 7.30. The highest BCUT2D eigenvalue weighted by molar-refractivity contribution is 7.99. The standard InChI is InChI=1S/C20H15Cl2F3N4OS/c1-2-9-29-18(12-3-6-14(21)7-4-12)27-28-19(29)31-11-17(30)26-16-10-13(20(23,24)25)5-8-15(16)22/h2-8,10H,1,9,11H2,(H,26,30). The molecule has 0 aliphatic heterocycles. The molecular formula is C20H15Cl2F3N4OS. The van der Waals surface area contributed by atoms with Crippen LogP contribution < -0.4 is 5.32 Å². The van der Waals surface area contributed by atoms with Gasteiger partial charge in [-0.3, -0.25) is 9.36 Å². The molecule has 0 aliphatic rings. The quantitative estimate of drug-likeness (QED) is 0.319. The van der Waals surface area contributed by atoms with Crippen molar-refractivity contribution in [3.63, 3.8) is 0 Å². The topological polar surface area (TPSA) is 59.8 Å². The van der Waals surface area contributed by atoms with Gasteiger partial charge in [-0.05, 0) is 42.5 Å². The van der Waals surface area contributed by atoms with Gasteiger partial charge in [0.25, 0.3) is 0 Å². The van der Waals surface area contributed by atoms with Gasteiger partial charge in [-0.25, -0.2) is 0 Å². The molecule has 162 valence electrons. The summed E-state index contributed by atoms with van der Waals surface area (Å²) in [5.74, 6) is -0.0736. The molecule has 0 fully saturated rings. The fraction of sp³-hybridized carbons (Fsp3) is 0.150. The zero-order chi connectivity index (χ0) is 22.6. The highest BCUT2D eigenvalue weighted by Gasteiger charge is 2.31. The number of allylic oxidation sites excluding steroid dienone is 1. The van der Waals surface area contributed by atoms with E-state index in [2.05, 4.69) is 22.1 Å². The summed E-state index contributed by atoms with van der Waals surface area (Å²) in [5.41, 5.74) is -0.236. The number of benzene rings is 2. The fourth-order valence-corrected chi connectivity index (χ4v) is 3.65. The van der Waals surface area contributed by atoms with Gasteiger partial charge < -0.3 is 5.32 Å². The number of nitrogens with zero attached hydrogens (tertiary/aromatic N) is 3. The lowest BCUT2D eigenvalue weighted by atomic mass is 10.2. The van der Waals surface area contributed by atoms with Gasteiger partial charge in [-0.15, -0.1) is 16.8 Å². The van der Waals surface area contributed by atoms with Crippen LogP contribution in [-0.4, -0.2) is 26.4 Å². The van der Waals surface area contributed by atoms with E-state index in [0.29, 0.717) is 22.5 Å². The molecule has 1 heterocycles. The minimum Gasteiger partial charge on any atom is -0.324 e. The third-order valence-corrected chi connectivity index (χ3v) is 5.58. The predicted octanol–water partition coefficient (Wildman–Crippen LogP) is 6.19. The molecule has 2 aromatic carbocycles. The molecule has 1 amide bonds. The molecule has 0 spiro atoms. The van der Waals surface area contributed by atoms with Crippen molar-refractivity contribution in [1.82, 2.24) is 14.8 Å². The molecule has 0 bridgehead atoms. The zero-order valence-corrected chi connectivity index (χ0v) is 18.1. The molecular weight excluding hydrogens is 472 g/mol. The van der Waals surface area contributed by atoms with E-state index in [9.17, 15) is 18.0 Å². The van der Waals surface area contributed by atoms with E-state index in [0.717, 1.165) is 35.5 Å². The molecule has 5 nitrogen and oxygen atoms in total. The highest BCUT2D eigenvalue weighted by atomic mass is 35.5. The SMILES string of the molecule is C=CCn1c(SCC(=O)Nc2cc(C(F)(F)F)ccc2Cl)nnc1-c1ccc(Cl)cc1. The van der Waals surface area contributed by atoms with E-state index in [1.807, 2.05) is 0 Å². The van der Waals surface area contributed by atoms with Gasteiger partial charge in [0.05, 0.1) is 22.0 Å². The third-order valence-electron chi connectivity index (χ3n) is 4.03. The number of anilines is 1. The predicted molar refractivity (Wildman–Crippen MR) is 116 cm³/mol. The summed E-state index contributed by atoms with van der Waals surface area (Å²) < 4.78 is 40.5. The van der Waals surface area contributed by atoms with Gasteiger partial charge in [-0.1, -0.05) is 41.0 Å². The monoisotopic (exact) mass is 486 g/mol. The molecule has 0 radical (unpaired) electrons. The highest BCUT2D eigenvalue weighted by Crippen LogP contribution is 2.34. The zero-order valence-electron chi connectivity index (χ0n) is 15.8. The van der Waals surface area contributed by atoms with Gasteiger partial charge in [-0.2, -0.15) is 13.2 Å². The van der Waals surface area contributed by atoms with Crippen LogP contribution >= 0.6 is 35.0 Å². The number of alkyl halides is 3. The molecule has 11 heteroatoms. The average molecular weight is 487 g/mol. The molecule has 1 N–H and O–H groups in total. The van der Waals surface area contributed by atoms with Crippen molar-refractivity contribution in [2.24, 2.45) is 0 Å². The Morgan fingerprint density at radius 2 is 1.87 bits per heavy atom. The molecule has 3 aromatic rings. The second-order valence-electron chi connectivity index (χ2n) is 6.24. The lowest BCUT2D eigenvalue weighted by Crippen LogP contribution is -2.16. The first-order chi connectivity index (χ1) is 14.7. The van der Waals surface area contributed by atoms with Crippen LogP contribution in [-0.2, 0) is 17.5 Å². The third kappa shape index (κ3) is 5.81. The van der Waals surface area contributed by atoms with Crippen LogP contribution in [0.2, 0.25) is 10.0 Å². The summed E-state index contributed by atoms with van der Waals surface area (Å²) in [6, 6.07) is 9.77. The number of rotatable bonds is 7. The summed E-state index contributed by atoms with van der Waals surface area (Å²) in [4.78, 5) is 12.3. The lowest BCUT2D eigenvalue weighted by molar-refractivity contribution is -0.137. The van der Waals surface area contributed by atoms with Crippen LogP contribution in [0.5, 0.6) is 0 Å². The average Bonchev–Trinajstić information content (AvgIpc) is 3.11. The Morgan fingerprint density at radius 3 is 2.52 bits per heavy atom. The van der Waals surface area contributed by atoms with Gasteiger partial charge in [0.2, 0.25) is 5.91 Å². The Labute approximate surface area is 190 Å².